The quantitative estimate of drug-likeness (QED) is 0.688. The molecule has 2 aromatic carbocycles. The van der Waals surface area contributed by atoms with Gasteiger partial charge in [0.1, 0.15) is 5.52 Å². The topological polar surface area (TPSA) is 38.1 Å². The number of alkyl halides is 1. The van der Waals surface area contributed by atoms with Gasteiger partial charge in [-0.25, -0.2) is 0 Å². The highest BCUT2D eigenvalue weighted by molar-refractivity contribution is 6.17. The number of hydrogen-bond donors (Lipinski definition) is 1. The van der Waals surface area contributed by atoms with Gasteiger partial charge < -0.3 is 9.73 Å². The highest BCUT2D eigenvalue weighted by Crippen LogP contribution is 2.22. The van der Waals surface area contributed by atoms with Gasteiger partial charge in [-0.1, -0.05) is 24.3 Å². The molecular formula is C16H15ClN2O. The number of para-hydroxylation sites is 2. The molecule has 3 nitrogen and oxygen atoms in total. The molecule has 0 saturated carbocycles. The molecule has 0 unspecified atom stereocenters. The second kappa shape index (κ2) is 5.97. The molecule has 4 heteroatoms. The van der Waals surface area contributed by atoms with Gasteiger partial charge in [0, 0.05) is 11.6 Å². The van der Waals surface area contributed by atoms with Crippen molar-refractivity contribution in [2.75, 3.05) is 11.2 Å². The van der Waals surface area contributed by atoms with Crippen LogP contribution in [-0.4, -0.2) is 10.9 Å². The Bertz CT molecular complexity index is 675. The first kappa shape index (κ1) is 13.0. The van der Waals surface area contributed by atoms with Gasteiger partial charge in [0.05, 0.1) is 0 Å². The van der Waals surface area contributed by atoms with Crippen molar-refractivity contribution in [3.8, 4) is 0 Å². The van der Waals surface area contributed by atoms with E-state index in [9.17, 15) is 0 Å². The predicted octanol–water partition coefficient (Wildman–Crippen LogP) is 4.74. The zero-order valence-electron chi connectivity index (χ0n) is 11.0. The fraction of sp³-hybridized carbons (Fsp3) is 0.188. The van der Waals surface area contributed by atoms with E-state index in [1.54, 1.807) is 0 Å². The summed E-state index contributed by atoms with van der Waals surface area (Å²) in [6.45, 7) is 0. The van der Waals surface area contributed by atoms with Crippen molar-refractivity contribution >= 4 is 34.4 Å². The van der Waals surface area contributed by atoms with Crippen LogP contribution in [0.15, 0.2) is 52.9 Å². The number of aryl methyl sites for hydroxylation is 1. The van der Waals surface area contributed by atoms with Crippen LogP contribution >= 0.6 is 11.6 Å². The number of fused-ring (bicyclic) bond motifs is 1. The second-order valence-electron chi connectivity index (χ2n) is 4.60. The summed E-state index contributed by atoms with van der Waals surface area (Å²) in [4.78, 5) is 4.40. The van der Waals surface area contributed by atoms with Gasteiger partial charge in [-0.05, 0) is 42.7 Å². The minimum absolute atomic E-state index is 0.515. The Kier molecular flexibility index (Phi) is 3.88. The van der Waals surface area contributed by atoms with Gasteiger partial charge in [-0.15, -0.1) is 11.6 Å². The lowest BCUT2D eigenvalue weighted by Crippen LogP contribution is -1.92. The minimum atomic E-state index is 0.515. The predicted molar refractivity (Wildman–Crippen MR) is 82.8 cm³/mol. The molecule has 20 heavy (non-hydrogen) atoms. The van der Waals surface area contributed by atoms with Crippen molar-refractivity contribution in [2.45, 2.75) is 12.8 Å². The summed E-state index contributed by atoms with van der Waals surface area (Å²) in [5.74, 6) is 0.683. The van der Waals surface area contributed by atoms with Crippen molar-refractivity contribution in [1.29, 1.82) is 0 Å². The smallest absolute Gasteiger partial charge is 0.300 e. The lowest BCUT2D eigenvalue weighted by Gasteiger charge is -2.04. The van der Waals surface area contributed by atoms with Crippen molar-refractivity contribution < 1.29 is 4.42 Å². The number of anilines is 2. The number of nitrogens with zero attached hydrogens (tertiary/aromatic N) is 1. The average molecular weight is 287 g/mol. The maximum Gasteiger partial charge on any atom is 0.300 e. The third-order valence-electron chi connectivity index (χ3n) is 3.07. The zero-order valence-corrected chi connectivity index (χ0v) is 11.7. The average Bonchev–Trinajstić information content (AvgIpc) is 2.87. The SMILES string of the molecule is ClCCCc1cccc(Nc2nc3ccccc3o2)c1. The first-order valence-electron chi connectivity index (χ1n) is 6.62. The first-order valence-corrected chi connectivity index (χ1v) is 7.16. The molecule has 3 rings (SSSR count). The number of halogens is 1. The van der Waals surface area contributed by atoms with Crippen LogP contribution in [0.4, 0.5) is 11.7 Å². The highest BCUT2D eigenvalue weighted by Gasteiger charge is 2.05. The maximum atomic E-state index is 5.73. The van der Waals surface area contributed by atoms with E-state index in [-0.39, 0.29) is 0 Å². The van der Waals surface area contributed by atoms with Gasteiger partial charge in [0.2, 0.25) is 0 Å². The fourth-order valence-corrected chi connectivity index (χ4v) is 2.26. The van der Waals surface area contributed by atoms with E-state index in [1.165, 1.54) is 5.56 Å². The van der Waals surface area contributed by atoms with Crippen LogP contribution in [0.5, 0.6) is 0 Å². The molecule has 102 valence electrons. The van der Waals surface area contributed by atoms with Crippen LogP contribution in [-0.2, 0) is 6.42 Å². The molecule has 1 heterocycles. The summed E-state index contributed by atoms with van der Waals surface area (Å²) < 4.78 is 5.65. The summed E-state index contributed by atoms with van der Waals surface area (Å²) in [6, 6.07) is 16.5. The Morgan fingerprint density at radius 3 is 2.85 bits per heavy atom. The molecule has 0 spiro atoms. The second-order valence-corrected chi connectivity index (χ2v) is 4.98. The molecule has 0 atom stereocenters. The van der Waals surface area contributed by atoms with Gasteiger partial charge >= 0.3 is 0 Å². The largest absolute Gasteiger partial charge is 0.423 e. The van der Waals surface area contributed by atoms with E-state index < -0.39 is 0 Å². The molecule has 0 radical (unpaired) electrons. The van der Waals surface area contributed by atoms with Crippen molar-refractivity contribution in [1.82, 2.24) is 4.98 Å². The molecule has 1 aromatic heterocycles. The fourth-order valence-electron chi connectivity index (χ4n) is 2.12. The Balaban J connectivity index is 1.79. The third kappa shape index (κ3) is 2.94. The van der Waals surface area contributed by atoms with E-state index in [2.05, 4.69) is 22.4 Å². The maximum absolute atomic E-state index is 5.73. The number of benzene rings is 2. The number of nitrogens with one attached hydrogen (secondary N) is 1. The van der Waals surface area contributed by atoms with E-state index in [0.29, 0.717) is 11.9 Å². The van der Waals surface area contributed by atoms with Crippen LogP contribution in [0.25, 0.3) is 11.1 Å². The van der Waals surface area contributed by atoms with E-state index in [1.807, 2.05) is 36.4 Å². The summed E-state index contributed by atoms with van der Waals surface area (Å²) in [6.07, 6.45) is 1.96. The highest BCUT2D eigenvalue weighted by atomic mass is 35.5. The van der Waals surface area contributed by atoms with Crippen molar-refractivity contribution in [2.24, 2.45) is 0 Å². The van der Waals surface area contributed by atoms with Crippen LogP contribution in [0.3, 0.4) is 0 Å². The summed E-state index contributed by atoms with van der Waals surface area (Å²) in [7, 11) is 0. The molecule has 0 aliphatic heterocycles. The minimum Gasteiger partial charge on any atom is -0.423 e. The Morgan fingerprint density at radius 2 is 2.00 bits per heavy atom. The van der Waals surface area contributed by atoms with Crippen molar-refractivity contribution in [3.05, 3.63) is 54.1 Å². The molecule has 0 amide bonds. The standard InChI is InChI=1S/C16H15ClN2O/c17-10-4-6-12-5-3-7-13(11-12)18-16-19-14-8-1-2-9-15(14)20-16/h1-3,5,7-9,11H,4,6,10H2,(H,18,19). The lowest BCUT2D eigenvalue weighted by atomic mass is 10.1. The zero-order chi connectivity index (χ0) is 13.8. The molecule has 0 fully saturated rings. The van der Waals surface area contributed by atoms with Crippen LogP contribution < -0.4 is 5.32 Å². The number of hydrogen-bond acceptors (Lipinski definition) is 3. The monoisotopic (exact) mass is 286 g/mol. The van der Waals surface area contributed by atoms with Gasteiger partial charge in [0.15, 0.2) is 5.58 Å². The van der Waals surface area contributed by atoms with E-state index in [4.69, 9.17) is 16.0 Å². The van der Waals surface area contributed by atoms with Gasteiger partial charge in [-0.3, -0.25) is 0 Å². The number of rotatable bonds is 5. The Labute approximate surface area is 122 Å². The van der Waals surface area contributed by atoms with Crippen LogP contribution in [0.2, 0.25) is 0 Å². The Morgan fingerprint density at radius 1 is 1.10 bits per heavy atom. The molecule has 3 aromatic rings. The summed E-state index contributed by atoms with van der Waals surface area (Å²) >= 11 is 5.73. The molecule has 0 aliphatic carbocycles. The summed E-state index contributed by atoms with van der Waals surface area (Å²) in [5.41, 5.74) is 3.87. The molecule has 1 N–H and O–H groups in total. The van der Waals surface area contributed by atoms with Crippen molar-refractivity contribution in [3.63, 3.8) is 0 Å². The lowest BCUT2D eigenvalue weighted by molar-refractivity contribution is 0.623. The number of oxazole rings is 1. The summed E-state index contributed by atoms with van der Waals surface area (Å²) in [5, 5.41) is 3.20. The Hall–Kier alpha value is -2.00. The normalized spacial score (nSPS) is 10.8. The first-order chi connectivity index (χ1) is 9.85. The van der Waals surface area contributed by atoms with E-state index >= 15 is 0 Å². The van der Waals surface area contributed by atoms with E-state index in [0.717, 1.165) is 29.6 Å². The molecule has 0 aliphatic rings. The van der Waals surface area contributed by atoms with Gasteiger partial charge in [-0.2, -0.15) is 4.98 Å². The van der Waals surface area contributed by atoms with Crippen LogP contribution in [0.1, 0.15) is 12.0 Å². The van der Waals surface area contributed by atoms with Crippen LogP contribution in [0, 0.1) is 0 Å². The molecular weight excluding hydrogens is 272 g/mol. The molecule has 0 saturated heterocycles. The number of aromatic nitrogens is 1. The third-order valence-corrected chi connectivity index (χ3v) is 3.34. The van der Waals surface area contributed by atoms with Gasteiger partial charge in [0.25, 0.3) is 6.01 Å². The molecule has 0 bridgehead atoms.